The number of aliphatic carboxylic acids is 2. The fraction of sp³-hybridized carbons (Fsp3) is 0.833. The van der Waals surface area contributed by atoms with Crippen LogP contribution in [0.25, 0.3) is 0 Å². The van der Waals surface area contributed by atoms with Crippen LogP contribution in [0.5, 0.6) is 0 Å². The van der Waals surface area contributed by atoms with Crippen LogP contribution in [0, 0.1) is 11.3 Å². The van der Waals surface area contributed by atoms with Crippen LogP contribution in [-0.2, 0) is 9.59 Å². The van der Waals surface area contributed by atoms with E-state index in [1.165, 1.54) is 6.92 Å². The Morgan fingerprint density at radius 3 is 1.78 bits per heavy atom. The molecule has 0 saturated heterocycles. The molecule has 0 fully saturated rings. The monoisotopic (exact) mass is 274 g/mol. The van der Waals surface area contributed by atoms with E-state index in [-0.39, 0.29) is 59.1 Å². The van der Waals surface area contributed by atoms with Crippen molar-refractivity contribution in [1.82, 2.24) is 0 Å². The zero-order valence-electron chi connectivity index (χ0n) is 12.2. The molecular weight excluding hydrogens is 254 g/mol. The van der Waals surface area contributed by atoms with Gasteiger partial charge in [0, 0.05) is 5.41 Å². The zero-order valence-corrected chi connectivity index (χ0v) is 16.2. The quantitative estimate of drug-likeness (QED) is 0.251. The van der Waals surface area contributed by atoms with Crippen molar-refractivity contribution < 1.29 is 78.9 Å². The summed E-state index contributed by atoms with van der Waals surface area (Å²) in [4.78, 5) is 21.9. The molecule has 4 nitrogen and oxygen atoms in total. The van der Waals surface area contributed by atoms with Crippen LogP contribution in [0.15, 0.2) is 0 Å². The Balaban J connectivity index is -0.00000112. The summed E-state index contributed by atoms with van der Waals surface area (Å²) < 4.78 is 0. The normalized spacial score (nSPS) is 11.9. The van der Waals surface area contributed by atoms with Crippen molar-refractivity contribution in [2.24, 2.45) is 11.3 Å². The average molecular weight is 274 g/mol. The molecule has 0 aromatic heterocycles. The number of carboxylic acid groups (broad SMARTS) is 2. The molecule has 0 amide bonds. The SMILES string of the molecule is CCCCCC(CC)C(C)(C(=O)[O-])C(=O)[O-].[Na+].[Na+]. The standard InChI is InChI=1S/C12H22O4.2Na/c1-4-6-7-8-9(5-2)12(3,10(13)14)11(15)16;;/h9H,4-8H2,1-3H3,(H,13,14)(H,15,16);;/q;2*+1/p-2. The van der Waals surface area contributed by atoms with Crippen LogP contribution in [0.1, 0.15) is 52.9 Å². The third kappa shape index (κ3) is 6.40. The molecule has 0 aromatic carbocycles. The van der Waals surface area contributed by atoms with Crippen LogP contribution in [0.3, 0.4) is 0 Å². The molecule has 18 heavy (non-hydrogen) atoms. The summed E-state index contributed by atoms with van der Waals surface area (Å²) in [5.74, 6) is -3.51. The maximum absolute atomic E-state index is 11.0. The van der Waals surface area contributed by atoms with Gasteiger partial charge in [0.2, 0.25) is 0 Å². The van der Waals surface area contributed by atoms with Gasteiger partial charge in [0.05, 0.1) is 11.9 Å². The summed E-state index contributed by atoms with van der Waals surface area (Å²) in [7, 11) is 0. The first-order valence-electron chi connectivity index (χ1n) is 5.84. The van der Waals surface area contributed by atoms with Gasteiger partial charge in [-0.2, -0.15) is 0 Å². The van der Waals surface area contributed by atoms with Crippen molar-refractivity contribution in [3.63, 3.8) is 0 Å². The van der Waals surface area contributed by atoms with E-state index in [2.05, 4.69) is 0 Å². The van der Waals surface area contributed by atoms with Crippen molar-refractivity contribution in [2.45, 2.75) is 52.9 Å². The van der Waals surface area contributed by atoms with Crippen molar-refractivity contribution in [3.8, 4) is 0 Å². The minimum absolute atomic E-state index is 0. The van der Waals surface area contributed by atoms with Gasteiger partial charge in [-0.05, 0) is 19.3 Å². The van der Waals surface area contributed by atoms with Crippen LogP contribution in [0.4, 0.5) is 0 Å². The Hall–Kier alpha value is 0.940. The van der Waals surface area contributed by atoms with E-state index >= 15 is 0 Å². The van der Waals surface area contributed by atoms with Gasteiger partial charge in [0.25, 0.3) is 0 Å². The van der Waals surface area contributed by atoms with Crippen LogP contribution < -0.4 is 69.3 Å². The topological polar surface area (TPSA) is 80.3 Å². The van der Waals surface area contributed by atoms with Gasteiger partial charge >= 0.3 is 59.1 Å². The Morgan fingerprint density at radius 2 is 1.50 bits per heavy atom. The minimum Gasteiger partial charge on any atom is -0.549 e. The first-order chi connectivity index (χ1) is 7.41. The van der Waals surface area contributed by atoms with Gasteiger partial charge in [-0.25, -0.2) is 0 Å². The molecule has 0 radical (unpaired) electrons. The Kier molecular flexibility index (Phi) is 15.6. The number of unbranched alkanes of at least 4 members (excludes halogenated alkanes) is 2. The summed E-state index contributed by atoms with van der Waals surface area (Å²) in [6.45, 7) is 5.02. The molecule has 0 N–H and O–H groups in total. The van der Waals surface area contributed by atoms with E-state index in [0.717, 1.165) is 19.3 Å². The van der Waals surface area contributed by atoms with Crippen molar-refractivity contribution in [3.05, 3.63) is 0 Å². The minimum atomic E-state index is -1.87. The van der Waals surface area contributed by atoms with E-state index in [0.29, 0.717) is 12.8 Å². The van der Waals surface area contributed by atoms with Gasteiger partial charge in [0.1, 0.15) is 0 Å². The summed E-state index contributed by atoms with van der Waals surface area (Å²) >= 11 is 0. The van der Waals surface area contributed by atoms with E-state index in [9.17, 15) is 19.8 Å². The molecule has 1 atom stereocenters. The van der Waals surface area contributed by atoms with E-state index in [4.69, 9.17) is 0 Å². The van der Waals surface area contributed by atoms with Gasteiger partial charge < -0.3 is 19.8 Å². The second-order valence-corrected chi connectivity index (χ2v) is 4.38. The number of hydrogen-bond donors (Lipinski definition) is 0. The smallest absolute Gasteiger partial charge is 0.549 e. The molecule has 1 unspecified atom stereocenters. The second kappa shape index (κ2) is 11.7. The number of carbonyl (C=O) groups is 2. The number of hydrogen-bond acceptors (Lipinski definition) is 4. The maximum atomic E-state index is 11.0. The van der Waals surface area contributed by atoms with E-state index in [1.54, 1.807) is 6.92 Å². The molecule has 0 spiro atoms. The van der Waals surface area contributed by atoms with Crippen molar-refractivity contribution in [1.29, 1.82) is 0 Å². The maximum Gasteiger partial charge on any atom is 1.00 e. The molecule has 0 saturated carbocycles. The van der Waals surface area contributed by atoms with Gasteiger partial charge in [-0.1, -0.05) is 39.5 Å². The van der Waals surface area contributed by atoms with Crippen molar-refractivity contribution in [2.75, 3.05) is 0 Å². The molecule has 0 aliphatic heterocycles. The first kappa shape index (κ1) is 24.0. The average Bonchev–Trinajstić information content (AvgIpc) is 2.23. The molecule has 0 rings (SSSR count). The third-order valence-corrected chi connectivity index (χ3v) is 3.31. The van der Waals surface area contributed by atoms with Crippen molar-refractivity contribution >= 4 is 11.9 Å². The summed E-state index contributed by atoms with van der Waals surface area (Å²) in [6, 6.07) is 0. The summed E-state index contributed by atoms with van der Waals surface area (Å²) in [6.07, 6.45) is 3.92. The Labute approximate surface area is 153 Å². The number of rotatable bonds is 8. The molecule has 94 valence electrons. The molecule has 0 heterocycles. The Morgan fingerprint density at radius 1 is 1.06 bits per heavy atom. The molecule has 0 bridgehead atoms. The fourth-order valence-electron chi connectivity index (χ4n) is 1.96. The van der Waals surface area contributed by atoms with E-state index < -0.39 is 23.3 Å². The molecule has 0 aliphatic rings. The molecule has 6 heteroatoms. The molecule has 0 aromatic rings. The van der Waals surface area contributed by atoms with Gasteiger partial charge in [0.15, 0.2) is 0 Å². The second-order valence-electron chi connectivity index (χ2n) is 4.38. The fourth-order valence-corrected chi connectivity index (χ4v) is 1.96. The van der Waals surface area contributed by atoms with Crippen LogP contribution in [0.2, 0.25) is 0 Å². The molecular formula is C12H20Na2O4. The predicted molar refractivity (Wildman–Crippen MR) is 56.0 cm³/mol. The van der Waals surface area contributed by atoms with Crippen LogP contribution in [-0.4, -0.2) is 11.9 Å². The first-order valence-corrected chi connectivity index (χ1v) is 5.84. The summed E-state index contributed by atoms with van der Waals surface area (Å²) in [5, 5.41) is 21.9. The third-order valence-electron chi connectivity index (χ3n) is 3.31. The van der Waals surface area contributed by atoms with E-state index in [1.807, 2.05) is 6.92 Å². The number of carbonyl (C=O) groups excluding carboxylic acids is 2. The largest absolute Gasteiger partial charge is 1.00 e. The van der Waals surface area contributed by atoms with Gasteiger partial charge in [-0.3, -0.25) is 0 Å². The zero-order chi connectivity index (χ0) is 12.8. The number of carboxylic acids is 2. The Bertz CT molecular complexity index is 242. The summed E-state index contributed by atoms with van der Waals surface area (Å²) in [5.41, 5.74) is -1.87. The predicted octanol–water partition coefficient (Wildman–Crippen LogP) is -5.89. The van der Waals surface area contributed by atoms with Gasteiger partial charge in [-0.15, -0.1) is 0 Å². The van der Waals surface area contributed by atoms with Crippen LogP contribution >= 0.6 is 0 Å². The molecule has 0 aliphatic carbocycles.